The summed E-state index contributed by atoms with van der Waals surface area (Å²) in [4.78, 5) is 0. The third kappa shape index (κ3) is 2.76. The van der Waals surface area contributed by atoms with E-state index in [1.54, 1.807) is 7.11 Å². The molecule has 0 unspecified atom stereocenters. The Morgan fingerprint density at radius 1 is 2.00 bits per heavy atom. The third-order valence-corrected chi connectivity index (χ3v) is 0.968. The van der Waals surface area contributed by atoms with Crippen LogP contribution in [0.1, 0.15) is 0 Å². The summed E-state index contributed by atoms with van der Waals surface area (Å²) in [5, 5.41) is 0. The minimum absolute atomic E-state index is 0.909. The summed E-state index contributed by atoms with van der Waals surface area (Å²) in [6.07, 6.45) is 0. The van der Waals surface area contributed by atoms with Crippen molar-refractivity contribution in [2.45, 2.75) is 0 Å². The van der Waals surface area contributed by atoms with E-state index >= 15 is 0 Å². The molecule has 0 aliphatic rings. The summed E-state index contributed by atoms with van der Waals surface area (Å²) < 4.78 is 5.49. The molecule has 0 aromatic heterocycles. The molecule has 2 heteroatoms. The van der Waals surface area contributed by atoms with E-state index in [2.05, 4.69) is 4.74 Å². The van der Waals surface area contributed by atoms with Crippen LogP contribution in [-0.4, -0.2) is 34.3 Å². The summed E-state index contributed by atoms with van der Waals surface area (Å²) in [7, 11) is 1.70. The molecule has 4 heavy (non-hydrogen) atoms. The van der Waals surface area contributed by atoms with Crippen molar-refractivity contribution in [3.63, 3.8) is 0 Å². The Morgan fingerprint density at radius 2 is 2.25 bits per heavy atom. The van der Waals surface area contributed by atoms with Crippen LogP contribution in [0.25, 0.3) is 0 Å². The van der Waals surface area contributed by atoms with Gasteiger partial charge in [0.2, 0.25) is 0 Å². The average Bonchev–Trinajstić information content (AvgIpc) is 1.37. The molecule has 0 fully saturated rings. The molecule has 0 bridgehead atoms. The Kier molecular flexibility index (Phi) is 4.47. The molecule has 0 aromatic carbocycles. The first-order chi connectivity index (χ1) is 1.91. The van der Waals surface area contributed by atoms with E-state index in [9.17, 15) is 0 Å². The van der Waals surface area contributed by atoms with Crippen LogP contribution in [0.3, 0.4) is 0 Å². The van der Waals surface area contributed by atoms with Crippen LogP contribution in [0.2, 0.25) is 0 Å². The van der Waals surface area contributed by atoms with Crippen LogP contribution in [-0.2, 0) is 4.74 Å². The van der Waals surface area contributed by atoms with Gasteiger partial charge in [-0.05, 0) is 0 Å². The van der Waals surface area contributed by atoms with Crippen molar-refractivity contribution in [1.82, 2.24) is 0 Å². The zero-order valence-corrected chi connectivity index (χ0v) is 5.47. The predicted octanol–water partition coefficient (Wildman–Crippen LogP) is -0.241. The van der Waals surface area contributed by atoms with E-state index < -0.39 is 0 Å². The van der Waals surface area contributed by atoms with Gasteiger partial charge < -0.3 is 0 Å². The fourth-order valence-electron chi connectivity index (χ4n) is 0. The zero-order valence-electron chi connectivity index (χ0n) is 2.62. The first-order valence-corrected chi connectivity index (χ1v) is 3.07. The monoisotopic (exact) mass is 165 g/mol. The third-order valence-electron chi connectivity index (χ3n) is 0.144. The second kappa shape index (κ2) is 3.76. The molecule has 0 aromatic rings. The molecule has 0 heterocycles. The topological polar surface area (TPSA) is 9.23 Å². The van der Waals surface area contributed by atoms with E-state index in [0.29, 0.717) is 0 Å². The fraction of sp³-hybridized carbons (Fsp3) is 1.00. The van der Waals surface area contributed by atoms with Crippen molar-refractivity contribution in [3.8, 4) is 0 Å². The average molecular weight is 164 g/mol. The van der Waals surface area contributed by atoms with Gasteiger partial charge in [0.15, 0.2) is 0 Å². The summed E-state index contributed by atoms with van der Waals surface area (Å²) >= 11 is 1.45. The quantitative estimate of drug-likeness (QED) is 0.485. The first-order valence-electron chi connectivity index (χ1n) is 1.05. The van der Waals surface area contributed by atoms with E-state index in [0.717, 1.165) is 4.62 Å². The predicted molar refractivity (Wildman–Crippen MR) is 17.6 cm³/mol. The Labute approximate surface area is 39.4 Å². The zero-order chi connectivity index (χ0) is 3.41. The maximum atomic E-state index is 4.58. The van der Waals surface area contributed by atoms with Crippen molar-refractivity contribution in [2.24, 2.45) is 0 Å². The number of ether oxygens (including phenoxy) is 1. The molecule has 0 rings (SSSR count). The van der Waals surface area contributed by atoms with Crippen molar-refractivity contribution in [3.05, 3.63) is 0 Å². The Hall–Kier alpha value is 0.759. The molecule has 0 aliphatic heterocycles. The normalized spacial score (nSPS) is 7.75. The number of rotatable bonds is 1. The summed E-state index contributed by atoms with van der Waals surface area (Å²) in [5.41, 5.74) is 0. The number of hydrogen-bond donors (Lipinski definition) is 0. The summed E-state index contributed by atoms with van der Waals surface area (Å²) in [5.74, 6) is 0. The molecule has 0 amide bonds. The van der Waals surface area contributed by atoms with Gasteiger partial charge in [0, 0.05) is 0 Å². The van der Waals surface area contributed by atoms with E-state index in [1.807, 2.05) is 0 Å². The number of methoxy groups -OCH3 is 1. The number of hydrogen-bond acceptors (Lipinski definition) is 1. The SMILES string of the molecule is CO[CH2][Sn+3]. The van der Waals surface area contributed by atoms with Gasteiger partial charge in [-0.15, -0.1) is 0 Å². The van der Waals surface area contributed by atoms with Crippen LogP contribution < -0.4 is 0 Å². The van der Waals surface area contributed by atoms with Gasteiger partial charge in [-0.25, -0.2) is 0 Å². The molecule has 0 saturated heterocycles. The Balaban J connectivity index is 1.97. The fourth-order valence-corrected chi connectivity index (χ4v) is 0. The van der Waals surface area contributed by atoms with Gasteiger partial charge in [0.05, 0.1) is 0 Å². The van der Waals surface area contributed by atoms with Crippen LogP contribution >= 0.6 is 0 Å². The molecule has 0 saturated carbocycles. The van der Waals surface area contributed by atoms with E-state index in [4.69, 9.17) is 0 Å². The van der Waals surface area contributed by atoms with Crippen molar-refractivity contribution >= 4 is 22.5 Å². The minimum atomic E-state index is 0.909. The summed E-state index contributed by atoms with van der Waals surface area (Å²) in [6.45, 7) is 0. The Bertz CT molecular complexity index is 8.00. The molecule has 0 N–H and O–H groups in total. The molecule has 20 valence electrons. The van der Waals surface area contributed by atoms with Crippen LogP contribution in [0.15, 0.2) is 0 Å². The molecular weight excluding hydrogens is 159 g/mol. The molecule has 0 radical (unpaired) electrons. The second-order valence-electron chi connectivity index (χ2n) is 0.433. The Morgan fingerprint density at radius 3 is 2.25 bits per heavy atom. The summed E-state index contributed by atoms with van der Waals surface area (Å²) in [6, 6.07) is 0. The molecule has 1 nitrogen and oxygen atoms in total. The van der Waals surface area contributed by atoms with Gasteiger partial charge in [-0.1, -0.05) is 0 Å². The molecule has 0 atom stereocenters. The molecule has 0 spiro atoms. The van der Waals surface area contributed by atoms with Gasteiger partial charge >= 0.3 is 39.0 Å². The van der Waals surface area contributed by atoms with Crippen molar-refractivity contribution in [2.75, 3.05) is 11.7 Å². The van der Waals surface area contributed by atoms with E-state index in [1.165, 1.54) is 22.5 Å². The van der Waals surface area contributed by atoms with Gasteiger partial charge in [0.1, 0.15) is 0 Å². The standard InChI is InChI=1S/C2H5O.Sn/c1-3-2;/h1H2,2H3;/q;+3. The second-order valence-corrected chi connectivity index (χ2v) is 1.26. The molecular formula is C2H5OSn+3. The first kappa shape index (κ1) is 4.76. The van der Waals surface area contributed by atoms with Gasteiger partial charge in [-0.3, -0.25) is 0 Å². The van der Waals surface area contributed by atoms with Gasteiger partial charge in [-0.2, -0.15) is 0 Å². The maximum absolute atomic E-state index is 4.58. The van der Waals surface area contributed by atoms with Gasteiger partial charge in [0.25, 0.3) is 0 Å². The van der Waals surface area contributed by atoms with Crippen molar-refractivity contribution in [1.29, 1.82) is 0 Å². The molecule has 0 aliphatic carbocycles. The van der Waals surface area contributed by atoms with E-state index in [-0.39, 0.29) is 0 Å². The van der Waals surface area contributed by atoms with Crippen LogP contribution in [0, 0.1) is 0 Å². The van der Waals surface area contributed by atoms with Crippen LogP contribution in [0.4, 0.5) is 0 Å². The van der Waals surface area contributed by atoms with Crippen LogP contribution in [0.5, 0.6) is 0 Å². The van der Waals surface area contributed by atoms with Crippen molar-refractivity contribution < 1.29 is 4.74 Å².